The Morgan fingerprint density at radius 3 is 2.78 bits per heavy atom. The van der Waals surface area contributed by atoms with Crippen LogP contribution in [0.2, 0.25) is 0 Å². The van der Waals surface area contributed by atoms with Crippen molar-refractivity contribution in [2.45, 2.75) is 5.78 Å². The Bertz CT molecular complexity index is 86.6. The molecule has 1 rings (SSSR count). The van der Waals surface area contributed by atoms with Crippen LogP contribution in [0.4, 0.5) is 0 Å². The van der Waals surface area contributed by atoms with Gasteiger partial charge in [-0.15, -0.1) is 0 Å². The first kappa shape index (κ1) is 10.0. The van der Waals surface area contributed by atoms with E-state index in [1.165, 1.54) is 0 Å². The predicted molar refractivity (Wildman–Crippen MR) is 37.4 cm³/mol. The Balaban J connectivity index is 0.000000640. The van der Waals surface area contributed by atoms with Gasteiger partial charge in [0.25, 0.3) is 0 Å². The maximum atomic E-state index is 10.1. The van der Waals surface area contributed by atoms with Gasteiger partial charge in [0.1, 0.15) is 5.78 Å². The number of nitrogens with one attached hydrogen (secondary N) is 1. The van der Waals surface area contributed by atoms with Crippen LogP contribution < -0.4 is 5.32 Å². The van der Waals surface area contributed by atoms with Gasteiger partial charge in [0.05, 0.1) is 13.2 Å². The molecule has 5 heteroatoms. The van der Waals surface area contributed by atoms with Crippen molar-refractivity contribution in [1.82, 2.24) is 5.32 Å². The van der Waals surface area contributed by atoms with Gasteiger partial charge in [-0.25, -0.2) is 0 Å². The van der Waals surface area contributed by atoms with Gasteiger partial charge in [-0.2, -0.15) is 0 Å². The molecule has 0 saturated carbocycles. The van der Waals surface area contributed by atoms with Crippen LogP contribution in [0.25, 0.3) is 0 Å². The SMILES string of the molecule is O=PC1COCCN1.[NaH]. The van der Waals surface area contributed by atoms with E-state index >= 15 is 0 Å². The van der Waals surface area contributed by atoms with Gasteiger partial charge in [-0.05, 0) is 0 Å². The Hall–Kier alpha value is 1.02. The molecule has 1 unspecified atom stereocenters. The van der Waals surface area contributed by atoms with Gasteiger partial charge in [0.2, 0.25) is 0 Å². The Kier molecular flexibility index (Phi) is 6.43. The summed E-state index contributed by atoms with van der Waals surface area (Å²) >= 11 is 0. The molecular weight excluding hydrogens is 148 g/mol. The predicted octanol–water partition coefficient (Wildman–Crippen LogP) is -0.425. The molecule has 0 bridgehead atoms. The standard InChI is InChI=1S/C4H8NO2P.Na.H/c6-8-4-3-7-2-1-5-4;;/h4-5H,1-3H2;;. The average Bonchev–Trinajstić information content (AvgIpc) is 1.90. The Morgan fingerprint density at radius 1 is 1.67 bits per heavy atom. The molecule has 0 amide bonds. The molecule has 0 aliphatic carbocycles. The van der Waals surface area contributed by atoms with E-state index < -0.39 is 0 Å². The van der Waals surface area contributed by atoms with Crippen molar-refractivity contribution in [1.29, 1.82) is 0 Å². The Labute approximate surface area is 78.0 Å². The molecule has 1 atom stereocenters. The van der Waals surface area contributed by atoms with Crippen LogP contribution in [-0.4, -0.2) is 55.1 Å². The zero-order valence-electron chi connectivity index (χ0n) is 4.46. The van der Waals surface area contributed by atoms with Crippen LogP contribution in [0.3, 0.4) is 0 Å². The zero-order valence-corrected chi connectivity index (χ0v) is 5.36. The summed E-state index contributed by atoms with van der Waals surface area (Å²) < 4.78 is 15.1. The molecule has 48 valence electrons. The summed E-state index contributed by atoms with van der Waals surface area (Å²) in [4.78, 5) is 0. The van der Waals surface area contributed by atoms with Crippen molar-refractivity contribution in [3.8, 4) is 0 Å². The van der Waals surface area contributed by atoms with E-state index in [1.54, 1.807) is 0 Å². The van der Waals surface area contributed by atoms with Gasteiger partial charge >= 0.3 is 29.6 Å². The van der Waals surface area contributed by atoms with E-state index in [2.05, 4.69) is 5.32 Å². The summed E-state index contributed by atoms with van der Waals surface area (Å²) in [7, 11) is 0.140. The van der Waals surface area contributed by atoms with E-state index in [1.807, 2.05) is 0 Å². The molecule has 3 nitrogen and oxygen atoms in total. The molecule has 9 heavy (non-hydrogen) atoms. The zero-order chi connectivity index (χ0) is 5.82. The first-order valence-corrected chi connectivity index (χ1v) is 3.45. The summed E-state index contributed by atoms with van der Waals surface area (Å²) in [6.45, 7) is 2.14. The van der Waals surface area contributed by atoms with Crippen molar-refractivity contribution >= 4 is 38.0 Å². The second-order valence-corrected chi connectivity index (χ2v) is 2.48. The second kappa shape index (κ2) is 5.78. The van der Waals surface area contributed by atoms with Crippen LogP contribution >= 0.6 is 8.46 Å². The Morgan fingerprint density at radius 2 is 2.44 bits per heavy atom. The molecule has 1 fully saturated rings. The van der Waals surface area contributed by atoms with Crippen LogP contribution in [-0.2, 0) is 9.30 Å². The third kappa shape index (κ3) is 3.66. The molecule has 1 N–H and O–H groups in total. The average molecular weight is 157 g/mol. The summed E-state index contributed by atoms with van der Waals surface area (Å²) in [5.74, 6) is 0.0312. The van der Waals surface area contributed by atoms with Gasteiger partial charge < -0.3 is 4.74 Å². The van der Waals surface area contributed by atoms with Gasteiger partial charge in [-0.3, -0.25) is 9.88 Å². The minimum atomic E-state index is 0. The minimum absolute atomic E-state index is 0. The van der Waals surface area contributed by atoms with E-state index in [-0.39, 0.29) is 43.8 Å². The third-order valence-corrected chi connectivity index (χ3v) is 1.62. The van der Waals surface area contributed by atoms with Crippen LogP contribution in [0, 0.1) is 0 Å². The molecule has 1 saturated heterocycles. The molecule has 0 spiro atoms. The molecule has 1 aliphatic heterocycles. The summed E-state index contributed by atoms with van der Waals surface area (Å²) in [6, 6.07) is 0. The molecule has 1 heterocycles. The van der Waals surface area contributed by atoms with Crippen LogP contribution in [0.15, 0.2) is 0 Å². The van der Waals surface area contributed by atoms with Crippen molar-refractivity contribution in [2.75, 3.05) is 19.8 Å². The number of hydrogen-bond acceptors (Lipinski definition) is 3. The molecular formula is C4H9NNaO2P. The summed E-state index contributed by atoms with van der Waals surface area (Å²) in [6.07, 6.45) is 0. The topological polar surface area (TPSA) is 38.3 Å². The maximum absolute atomic E-state index is 10.1. The van der Waals surface area contributed by atoms with Crippen molar-refractivity contribution in [2.24, 2.45) is 0 Å². The number of hydrogen-bond donors (Lipinski definition) is 1. The van der Waals surface area contributed by atoms with Gasteiger partial charge in [0.15, 0.2) is 8.46 Å². The van der Waals surface area contributed by atoms with Crippen molar-refractivity contribution < 1.29 is 9.30 Å². The van der Waals surface area contributed by atoms with E-state index in [0.29, 0.717) is 6.61 Å². The van der Waals surface area contributed by atoms with Gasteiger partial charge in [0, 0.05) is 6.54 Å². The fourth-order valence-corrected chi connectivity index (χ4v) is 0.989. The first-order chi connectivity index (χ1) is 3.93. The van der Waals surface area contributed by atoms with Crippen LogP contribution in [0.5, 0.6) is 0 Å². The fraction of sp³-hybridized carbons (Fsp3) is 1.00. The number of rotatable bonds is 1. The molecule has 0 radical (unpaired) electrons. The number of ether oxygens (including phenoxy) is 1. The quantitative estimate of drug-likeness (QED) is 0.415. The monoisotopic (exact) mass is 157 g/mol. The van der Waals surface area contributed by atoms with Crippen molar-refractivity contribution in [3.63, 3.8) is 0 Å². The second-order valence-electron chi connectivity index (χ2n) is 1.65. The molecule has 1 aliphatic rings. The number of morpholine rings is 1. The molecule has 0 aromatic carbocycles. The summed E-state index contributed by atoms with van der Waals surface area (Å²) in [5.41, 5.74) is 0. The normalized spacial score (nSPS) is 27.3. The first-order valence-electron chi connectivity index (χ1n) is 2.57. The van der Waals surface area contributed by atoms with E-state index in [4.69, 9.17) is 4.74 Å². The summed E-state index contributed by atoms with van der Waals surface area (Å²) in [5, 5.41) is 3.02. The molecule has 0 aromatic rings. The molecule has 0 aromatic heterocycles. The van der Waals surface area contributed by atoms with Gasteiger partial charge in [-0.1, -0.05) is 0 Å². The fourth-order valence-electron chi connectivity index (χ4n) is 0.619. The van der Waals surface area contributed by atoms with Crippen LogP contribution in [0.1, 0.15) is 0 Å². The third-order valence-electron chi connectivity index (χ3n) is 1.03. The van der Waals surface area contributed by atoms with E-state index in [9.17, 15) is 4.57 Å². The van der Waals surface area contributed by atoms with Crippen molar-refractivity contribution in [3.05, 3.63) is 0 Å². The van der Waals surface area contributed by atoms with E-state index in [0.717, 1.165) is 13.2 Å².